The number of piperazine rings is 1. The van der Waals surface area contributed by atoms with E-state index in [4.69, 9.17) is 5.73 Å². The normalized spacial score (nSPS) is 14.3. The van der Waals surface area contributed by atoms with Crippen LogP contribution in [-0.2, 0) is 0 Å². The summed E-state index contributed by atoms with van der Waals surface area (Å²) >= 11 is 0. The van der Waals surface area contributed by atoms with Gasteiger partial charge >= 0.3 is 0 Å². The van der Waals surface area contributed by atoms with Crippen molar-refractivity contribution in [1.29, 1.82) is 0 Å². The quantitative estimate of drug-likeness (QED) is 0.765. The van der Waals surface area contributed by atoms with Crippen molar-refractivity contribution in [3.63, 3.8) is 0 Å². The summed E-state index contributed by atoms with van der Waals surface area (Å²) in [6.07, 6.45) is 3.42. The first-order valence-electron chi connectivity index (χ1n) is 9.04. The lowest BCUT2D eigenvalue weighted by Crippen LogP contribution is -2.47. The van der Waals surface area contributed by atoms with E-state index in [9.17, 15) is 0 Å². The van der Waals surface area contributed by atoms with Crippen molar-refractivity contribution >= 4 is 28.8 Å². The first-order valence-corrected chi connectivity index (χ1v) is 9.04. The van der Waals surface area contributed by atoms with Gasteiger partial charge in [-0.05, 0) is 24.3 Å². The van der Waals surface area contributed by atoms with E-state index in [-0.39, 0.29) is 0 Å². The molecule has 1 aliphatic rings. The molecule has 1 aromatic carbocycles. The summed E-state index contributed by atoms with van der Waals surface area (Å²) < 4.78 is 0. The van der Waals surface area contributed by atoms with Crippen LogP contribution in [0.5, 0.6) is 0 Å². The van der Waals surface area contributed by atoms with Gasteiger partial charge < -0.3 is 20.4 Å². The fraction of sp³-hybridized carbons (Fsp3) is 0.250. The Bertz CT molecular complexity index is 877. The second-order valence-corrected chi connectivity index (χ2v) is 6.49. The zero-order valence-corrected chi connectivity index (χ0v) is 15.4. The average molecular weight is 361 g/mol. The van der Waals surface area contributed by atoms with Gasteiger partial charge in [0.15, 0.2) is 11.6 Å². The highest BCUT2D eigenvalue weighted by Gasteiger charge is 2.23. The van der Waals surface area contributed by atoms with E-state index >= 15 is 0 Å². The van der Waals surface area contributed by atoms with Gasteiger partial charge in [0.25, 0.3) is 0 Å². The Morgan fingerprint density at radius 2 is 1.56 bits per heavy atom. The summed E-state index contributed by atoms with van der Waals surface area (Å²) in [6, 6.07) is 16.1. The van der Waals surface area contributed by atoms with Crippen LogP contribution in [0.3, 0.4) is 0 Å². The Morgan fingerprint density at radius 3 is 2.26 bits per heavy atom. The molecule has 0 atom stereocenters. The molecule has 0 spiro atoms. The molecular formula is C20H23N7. The predicted octanol–water partition coefficient (Wildman–Crippen LogP) is 2.55. The van der Waals surface area contributed by atoms with Crippen LogP contribution in [-0.4, -0.2) is 48.2 Å². The Balaban J connectivity index is 1.52. The Morgan fingerprint density at radius 1 is 0.852 bits per heavy atom. The summed E-state index contributed by atoms with van der Waals surface area (Å²) in [5.74, 6) is 2.53. The molecule has 0 radical (unpaired) electrons. The molecule has 0 amide bonds. The van der Waals surface area contributed by atoms with Gasteiger partial charge in [-0.3, -0.25) is 0 Å². The monoisotopic (exact) mass is 361 g/mol. The lowest BCUT2D eigenvalue weighted by atomic mass is 10.2. The number of pyridine rings is 1. The van der Waals surface area contributed by atoms with Crippen molar-refractivity contribution in [1.82, 2.24) is 15.0 Å². The largest absolute Gasteiger partial charge is 0.393 e. The van der Waals surface area contributed by atoms with Crippen LogP contribution in [0.15, 0.2) is 61.1 Å². The van der Waals surface area contributed by atoms with E-state index < -0.39 is 0 Å². The van der Waals surface area contributed by atoms with Gasteiger partial charge in [0.2, 0.25) is 0 Å². The molecule has 1 saturated heterocycles. The number of nitrogen functional groups attached to an aromatic ring is 1. The highest BCUT2D eigenvalue weighted by molar-refractivity contribution is 5.79. The first-order chi connectivity index (χ1) is 13.2. The minimum Gasteiger partial charge on any atom is -0.393 e. The number of benzene rings is 1. The summed E-state index contributed by atoms with van der Waals surface area (Å²) in [5.41, 5.74) is 8.11. The van der Waals surface area contributed by atoms with Crippen LogP contribution >= 0.6 is 0 Å². The summed E-state index contributed by atoms with van der Waals surface area (Å²) in [6.45, 7) is 3.44. The number of nitrogens with two attached hydrogens (primary N) is 1. The van der Waals surface area contributed by atoms with Crippen LogP contribution in [0.4, 0.5) is 28.8 Å². The van der Waals surface area contributed by atoms with Gasteiger partial charge in [0, 0.05) is 45.1 Å². The zero-order valence-electron chi connectivity index (χ0n) is 15.4. The third kappa shape index (κ3) is 3.48. The van der Waals surface area contributed by atoms with Gasteiger partial charge in [0.1, 0.15) is 17.8 Å². The lowest BCUT2D eigenvalue weighted by molar-refractivity contribution is 0.642. The molecule has 7 heteroatoms. The molecule has 2 N–H and O–H groups in total. The molecule has 3 aromatic rings. The number of hydrogen-bond acceptors (Lipinski definition) is 7. The highest BCUT2D eigenvalue weighted by Crippen LogP contribution is 2.32. The third-order valence-corrected chi connectivity index (χ3v) is 4.86. The number of para-hydroxylation sites is 1. The number of anilines is 5. The lowest BCUT2D eigenvalue weighted by Gasteiger charge is -2.36. The topological polar surface area (TPSA) is 74.4 Å². The first kappa shape index (κ1) is 17.1. The van der Waals surface area contributed by atoms with E-state index in [1.54, 1.807) is 6.33 Å². The van der Waals surface area contributed by atoms with E-state index in [2.05, 4.69) is 24.8 Å². The van der Waals surface area contributed by atoms with Crippen molar-refractivity contribution < 1.29 is 0 Å². The number of aromatic nitrogens is 3. The van der Waals surface area contributed by atoms with Gasteiger partial charge in [0.05, 0.1) is 0 Å². The Hall–Kier alpha value is -3.35. The van der Waals surface area contributed by atoms with E-state index in [0.717, 1.165) is 49.3 Å². The second kappa shape index (κ2) is 7.49. The maximum absolute atomic E-state index is 6.46. The minimum absolute atomic E-state index is 0.607. The fourth-order valence-electron chi connectivity index (χ4n) is 3.36. The Kier molecular flexibility index (Phi) is 4.74. The molecule has 0 aliphatic carbocycles. The number of hydrogen-bond donors (Lipinski definition) is 1. The standard InChI is InChI=1S/C20H23N7/c1-25(16-7-3-2-4-8-16)19-18(21)20(24-15-23-19)27-13-11-26(12-14-27)17-9-5-6-10-22-17/h2-10,15H,11-14,21H2,1H3. The zero-order chi connectivity index (χ0) is 18.6. The van der Waals surface area contributed by atoms with Gasteiger partial charge in [-0.2, -0.15) is 0 Å². The molecule has 7 nitrogen and oxygen atoms in total. The average Bonchev–Trinajstić information content (AvgIpc) is 2.75. The van der Waals surface area contributed by atoms with Crippen molar-refractivity contribution in [2.24, 2.45) is 0 Å². The van der Waals surface area contributed by atoms with Gasteiger partial charge in [-0.1, -0.05) is 24.3 Å². The van der Waals surface area contributed by atoms with Crippen LogP contribution < -0.4 is 20.4 Å². The van der Waals surface area contributed by atoms with E-state index in [0.29, 0.717) is 5.69 Å². The summed E-state index contributed by atoms with van der Waals surface area (Å²) in [4.78, 5) is 19.8. The second-order valence-electron chi connectivity index (χ2n) is 6.49. The smallest absolute Gasteiger partial charge is 0.161 e. The summed E-state index contributed by atoms with van der Waals surface area (Å²) in [5, 5.41) is 0. The van der Waals surface area contributed by atoms with Crippen LogP contribution in [0.1, 0.15) is 0 Å². The Labute approximate surface area is 159 Å². The molecule has 4 rings (SSSR count). The van der Waals surface area contributed by atoms with Crippen molar-refractivity contribution in [3.8, 4) is 0 Å². The van der Waals surface area contributed by atoms with E-state index in [1.807, 2.05) is 66.7 Å². The molecule has 3 heterocycles. The molecule has 2 aromatic heterocycles. The van der Waals surface area contributed by atoms with Crippen molar-refractivity contribution in [2.45, 2.75) is 0 Å². The maximum Gasteiger partial charge on any atom is 0.161 e. The molecule has 0 unspecified atom stereocenters. The predicted molar refractivity (Wildman–Crippen MR) is 110 cm³/mol. The van der Waals surface area contributed by atoms with Crippen LogP contribution in [0.25, 0.3) is 0 Å². The molecule has 1 aliphatic heterocycles. The van der Waals surface area contributed by atoms with Crippen LogP contribution in [0, 0.1) is 0 Å². The number of nitrogens with zero attached hydrogens (tertiary/aromatic N) is 6. The van der Waals surface area contributed by atoms with Gasteiger partial charge in [-0.15, -0.1) is 0 Å². The minimum atomic E-state index is 0.607. The maximum atomic E-state index is 6.46. The number of rotatable bonds is 4. The van der Waals surface area contributed by atoms with Crippen molar-refractivity contribution in [3.05, 3.63) is 61.1 Å². The van der Waals surface area contributed by atoms with Crippen molar-refractivity contribution in [2.75, 3.05) is 53.7 Å². The summed E-state index contributed by atoms with van der Waals surface area (Å²) in [7, 11) is 1.97. The highest BCUT2D eigenvalue weighted by atomic mass is 15.3. The van der Waals surface area contributed by atoms with E-state index in [1.165, 1.54) is 0 Å². The third-order valence-electron chi connectivity index (χ3n) is 4.86. The molecule has 0 saturated carbocycles. The fourth-order valence-corrected chi connectivity index (χ4v) is 3.36. The van der Waals surface area contributed by atoms with Crippen LogP contribution in [0.2, 0.25) is 0 Å². The molecule has 138 valence electrons. The van der Waals surface area contributed by atoms with Gasteiger partial charge in [-0.25, -0.2) is 15.0 Å². The molecule has 27 heavy (non-hydrogen) atoms. The molecule has 0 bridgehead atoms. The molecular weight excluding hydrogens is 338 g/mol. The SMILES string of the molecule is CN(c1ccccc1)c1ncnc(N2CCN(c3ccccn3)CC2)c1N. The molecule has 1 fully saturated rings.